The van der Waals surface area contributed by atoms with Gasteiger partial charge in [-0.2, -0.15) is 4.31 Å². The number of nitrogens with one attached hydrogen (secondary N) is 1. The number of carbonyl (C=O) groups excluding carboxylic acids is 1. The molecule has 0 saturated heterocycles. The van der Waals surface area contributed by atoms with E-state index >= 15 is 0 Å². The lowest BCUT2D eigenvalue weighted by molar-refractivity contribution is -0.119. The van der Waals surface area contributed by atoms with E-state index in [1.54, 1.807) is 0 Å². The fraction of sp³-hybridized carbons (Fsp3) is 0.381. The van der Waals surface area contributed by atoms with Crippen LogP contribution >= 0.6 is 0 Å². The first kappa shape index (κ1) is 19.1. The zero-order valence-electron chi connectivity index (χ0n) is 15.5. The van der Waals surface area contributed by atoms with Crippen molar-refractivity contribution in [3.8, 4) is 0 Å². The van der Waals surface area contributed by atoms with Crippen molar-refractivity contribution < 1.29 is 17.6 Å². The number of hydrogen-bond donors (Lipinski definition) is 1. The van der Waals surface area contributed by atoms with Gasteiger partial charge >= 0.3 is 0 Å². The molecule has 1 saturated carbocycles. The lowest BCUT2D eigenvalue weighted by Gasteiger charge is -2.28. The molecule has 4 rings (SSSR count). The Morgan fingerprint density at radius 1 is 1.04 bits per heavy atom. The van der Waals surface area contributed by atoms with Gasteiger partial charge in [0.1, 0.15) is 5.82 Å². The summed E-state index contributed by atoms with van der Waals surface area (Å²) in [7, 11) is -3.69. The van der Waals surface area contributed by atoms with Gasteiger partial charge in [-0.05, 0) is 66.8 Å². The topological polar surface area (TPSA) is 66.5 Å². The molecule has 1 fully saturated rings. The van der Waals surface area contributed by atoms with E-state index in [1.807, 2.05) is 18.2 Å². The number of halogens is 1. The number of anilines is 1. The van der Waals surface area contributed by atoms with Crippen LogP contribution in [0.3, 0.4) is 0 Å². The van der Waals surface area contributed by atoms with Gasteiger partial charge in [0.05, 0.1) is 4.90 Å². The minimum absolute atomic E-state index is 0.0454. The molecule has 2 aromatic rings. The van der Waals surface area contributed by atoms with Crippen molar-refractivity contribution in [2.45, 2.75) is 43.5 Å². The maximum absolute atomic E-state index is 13.1. The number of fused-ring (bicyclic) bond motifs is 1. The quantitative estimate of drug-likeness (QED) is 0.848. The van der Waals surface area contributed by atoms with Crippen molar-refractivity contribution in [2.24, 2.45) is 5.92 Å². The largest absolute Gasteiger partial charge is 0.326 e. The first-order valence-electron chi connectivity index (χ1n) is 9.62. The molecule has 1 heterocycles. The summed E-state index contributed by atoms with van der Waals surface area (Å²) in [5, 5.41) is 2.98. The van der Waals surface area contributed by atoms with Crippen LogP contribution in [0.4, 0.5) is 10.1 Å². The predicted octanol–water partition coefficient (Wildman–Crippen LogP) is 3.70. The molecule has 0 unspecified atom stereocenters. The molecular formula is C21H23FN2O3S. The highest BCUT2D eigenvalue weighted by molar-refractivity contribution is 7.89. The van der Waals surface area contributed by atoms with Gasteiger partial charge in [-0.3, -0.25) is 4.79 Å². The van der Waals surface area contributed by atoms with E-state index in [1.165, 1.54) is 16.4 Å². The summed E-state index contributed by atoms with van der Waals surface area (Å²) < 4.78 is 40.3. The number of rotatable bonds is 4. The smallest absolute Gasteiger partial charge is 0.243 e. The first-order chi connectivity index (χ1) is 13.4. The van der Waals surface area contributed by atoms with Gasteiger partial charge in [0, 0.05) is 24.7 Å². The highest BCUT2D eigenvalue weighted by Crippen LogP contribution is 2.29. The van der Waals surface area contributed by atoms with E-state index in [0.717, 1.165) is 48.9 Å². The minimum Gasteiger partial charge on any atom is -0.326 e. The molecule has 0 bridgehead atoms. The van der Waals surface area contributed by atoms with Gasteiger partial charge in [-0.1, -0.05) is 18.9 Å². The van der Waals surface area contributed by atoms with Crippen LogP contribution in [-0.2, 0) is 27.8 Å². The van der Waals surface area contributed by atoms with Crippen LogP contribution in [0.1, 0.15) is 36.8 Å². The van der Waals surface area contributed by atoms with Crippen LogP contribution in [0.2, 0.25) is 0 Å². The Kier molecular flexibility index (Phi) is 5.21. The fourth-order valence-electron chi connectivity index (χ4n) is 4.00. The molecule has 2 aromatic carbocycles. The molecule has 148 valence electrons. The van der Waals surface area contributed by atoms with Crippen LogP contribution in [0, 0.1) is 11.7 Å². The highest BCUT2D eigenvalue weighted by Gasteiger charge is 2.29. The number of nitrogens with zero attached hydrogens (tertiary/aromatic N) is 1. The Morgan fingerprint density at radius 3 is 2.46 bits per heavy atom. The van der Waals surface area contributed by atoms with Crippen LogP contribution in [0.5, 0.6) is 0 Å². The average Bonchev–Trinajstić information content (AvgIpc) is 3.23. The number of amides is 1. The summed E-state index contributed by atoms with van der Waals surface area (Å²) in [5.74, 6) is -0.346. The van der Waals surface area contributed by atoms with E-state index in [-0.39, 0.29) is 23.3 Å². The second-order valence-corrected chi connectivity index (χ2v) is 9.43. The SMILES string of the molecule is O=C(Nc1ccc2c(c1)CN(S(=O)(=O)c1ccc(F)cc1)CC2)C1CCCC1. The highest BCUT2D eigenvalue weighted by atomic mass is 32.2. The Bertz CT molecular complexity index is 983. The zero-order valence-corrected chi connectivity index (χ0v) is 16.3. The van der Waals surface area contributed by atoms with Gasteiger partial charge < -0.3 is 5.32 Å². The summed E-state index contributed by atoms with van der Waals surface area (Å²) in [6, 6.07) is 10.6. The van der Waals surface area contributed by atoms with Crippen molar-refractivity contribution in [1.82, 2.24) is 4.31 Å². The van der Waals surface area contributed by atoms with Crippen LogP contribution in [0.25, 0.3) is 0 Å². The molecule has 1 aliphatic heterocycles. The Hall–Kier alpha value is -2.25. The van der Waals surface area contributed by atoms with Crippen LogP contribution in [0.15, 0.2) is 47.4 Å². The first-order valence-corrected chi connectivity index (χ1v) is 11.1. The number of carbonyl (C=O) groups is 1. The molecule has 28 heavy (non-hydrogen) atoms. The van der Waals surface area contributed by atoms with Gasteiger partial charge in [-0.25, -0.2) is 12.8 Å². The zero-order chi connectivity index (χ0) is 19.7. The molecule has 7 heteroatoms. The monoisotopic (exact) mass is 402 g/mol. The fourth-order valence-corrected chi connectivity index (χ4v) is 5.42. The number of benzene rings is 2. The van der Waals surface area contributed by atoms with E-state index < -0.39 is 15.8 Å². The molecule has 1 aliphatic carbocycles. The molecule has 1 N–H and O–H groups in total. The molecule has 0 atom stereocenters. The normalized spacial score (nSPS) is 18.0. The van der Waals surface area contributed by atoms with Crippen molar-refractivity contribution in [3.63, 3.8) is 0 Å². The van der Waals surface area contributed by atoms with Gasteiger partial charge in [0.2, 0.25) is 15.9 Å². The molecule has 0 radical (unpaired) electrons. The lowest BCUT2D eigenvalue weighted by atomic mass is 10.00. The number of sulfonamides is 1. The molecule has 5 nitrogen and oxygen atoms in total. The van der Waals surface area contributed by atoms with Crippen LogP contribution in [-0.4, -0.2) is 25.2 Å². The summed E-state index contributed by atoms with van der Waals surface area (Å²) in [6.07, 6.45) is 4.66. The second kappa shape index (κ2) is 7.64. The van der Waals surface area contributed by atoms with E-state index in [2.05, 4.69) is 5.32 Å². The Balaban J connectivity index is 1.52. The van der Waals surface area contributed by atoms with Gasteiger partial charge in [0.15, 0.2) is 0 Å². The molecule has 0 spiro atoms. The average molecular weight is 402 g/mol. The van der Waals surface area contributed by atoms with Gasteiger partial charge in [-0.15, -0.1) is 0 Å². The van der Waals surface area contributed by atoms with Crippen molar-refractivity contribution in [3.05, 3.63) is 59.4 Å². The molecule has 2 aliphatic rings. The van der Waals surface area contributed by atoms with Crippen molar-refractivity contribution in [1.29, 1.82) is 0 Å². The maximum atomic E-state index is 13.1. The minimum atomic E-state index is -3.69. The summed E-state index contributed by atoms with van der Waals surface area (Å²) in [4.78, 5) is 12.5. The molecular weight excluding hydrogens is 379 g/mol. The van der Waals surface area contributed by atoms with Crippen LogP contribution < -0.4 is 5.32 Å². The maximum Gasteiger partial charge on any atom is 0.243 e. The third-order valence-electron chi connectivity index (χ3n) is 5.63. The Labute approximate surface area is 164 Å². The lowest BCUT2D eigenvalue weighted by Crippen LogP contribution is -2.36. The summed E-state index contributed by atoms with van der Waals surface area (Å²) >= 11 is 0. The third-order valence-corrected chi connectivity index (χ3v) is 7.49. The summed E-state index contributed by atoms with van der Waals surface area (Å²) in [5.41, 5.74) is 2.68. The van der Waals surface area contributed by atoms with Crippen molar-refractivity contribution in [2.75, 3.05) is 11.9 Å². The van der Waals surface area contributed by atoms with E-state index in [0.29, 0.717) is 18.7 Å². The van der Waals surface area contributed by atoms with E-state index in [9.17, 15) is 17.6 Å². The predicted molar refractivity (Wildman–Crippen MR) is 105 cm³/mol. The summed E-state index contributed by atoms with van der Waals surface area (Å²) in [6.45, 7) is 0.614. The second-order valence-electron chi connectivity index (χ2n) is 7.50. The molecule has 1 amide bonds. The molecule has 0 aromatic heterocycles. The van der Waals surface area contributed by atoms with Crippen molar-refractivity contribution >= 4 is 21.6 Å². The third kappa shape index (κ3) is 3.82. The number of hydrogen-bond acceptors (Lipinski definition) is 3. The van der Waals surface area contributed by atoms with Gasteiger partial charge in [0.25, 0.3) is 0 Å². The Morgan fingerprint density at radius 2 is 1.75 bits per heavy atom. The standard InChI is InChI=1S/C21H23FN2O3S/c22-18-6-9-20(10-7-18)28(26,27)24-12-11-15-5-8-19(13-17(15)14-24)23-21(25)16-3-1-2-4-16/h5-10,13,16H,1-4,11-12,14H2,(H,23,25). The van der Waals surface area contributed by atoms with E-state index in [4.69, 9.17) is 0 Å².